The number of nitrogens with zero attached hydrogens (tertiary/aromatic N) is 4. The van der Waals surface area contributed by atoms with Gasteiger partial charge in [-0.1, -0.05) is 0 Å². The molecule has 0 atom stereocenters. The maximum absolute atomic E-state index is 12.8. The van der Waals surface area contributed by atoms with E-state index < -0.39 is 11.8 Å². The molecule has 30 heavy (non-hydrogen) atoms. The van der Waals surface area contributed by atoms with Gasteiger partial charge in [0.15, 0.2) is 0 Å². The summed E-state index contributed by atoms with van der Waals surface area (Å²) in [7, 11) is 0. The molecule has 154 valence electrons. The van der Waals surface area contributed by atoms with Gasteiger partial charge in [0, 0.05) is 18.7 Å². The molecular weight excluding hydrogens is 388 g/mol. The quantitative estimate of drug-likeness (QED) is 0.559. The first-order valence-corrected chi connectivity index (χ1v) is 9.76. The SMILES string of the molecule is CCOC(=O)C1CCN(C(=O)c2ccc(N3C(=O)c4cnncc4C3=O)cc2)CC1. The summed E-state index contributed by atoms with van der Waals surface area (Å²) in [6, 6.07) is 6.33. The largest absolute Gasteiger partial charge is 0.466 e. The van der Waals surface area contributed by atoms with Crippen molar-refractivity contribution < 1.29 is 23.9 Å². The van der Waals surface area contributed by atoms with E-state index in [2.05, 4.69) is 10.2 Å². The van der Waals surface area contributed by atoms with Crippen LogP contribution in [0.4, 0.5) is 5.69 Å². The van der Waals surface area contributed by atoms with E-state index in [-0.39, 0.29) is 28.9 Å². The summed E-state index contributed by atoms with van der Waals surface area (Å²) in [5.41, 5.74) is 1.24. The van der Waals surface area contributed by atoms with Crippen LogP contribution in [0.15, 0.2) is 36.7 Å². The van der Waals surface area contributed by atoms with Gasteiger partial charge in [-0.25, -0.2) is 4.90 Å². The topological polar surface area (TPSA) is 110 Å². The molecule has 2 aliphatic heterocycles. The molecule has 1 aromatic heterocycles. The molecule has 1 saturated heterocycles. The molecule has 0 radical (unpaired) electrons. The second-order valence-electron chi connectivity index (χ2n) is 7.13. The van der Waals surface area contributed by atoms with E-state index in [4.69, 9.17) is 4.74 Å². The van der Waals surface area contributed by atoms with Crippen LogP contribution in [0.5, 0.6) is 0 Å². The highest BCUT2D eigenvalue weighted by Crippen LogP contribution is 2.28. The van der Waals surface area contributed by atoms with Crippen LogP contribution in [-0.2, 0) is 9.53 Å². The van der Waals surface area contributed by atoms with E-state index in [9.17, 15) is 19.2 Å². The molecule has 0 aliphatic carbocycles. The normalized spacial score (nSPS) is 16.6. The van der Waals surface area contributed by atoms with Gasteiger partial charge < -0.3 is 9.64 Å². The van der Waals surface area contributed by atoms with Crippen LogP contribution >= 0.6 is 0 Å². The molecule has 1 aromatic carbocycles. The first kappa shape index (κ1) is 19.7. The summed E-state index contributed by atoms with van der Waals surface area (Å²) in [5.74, 6) is -1.47. The van der Waals surface area contributed by atoms with Crippen LogP contribution in [0.1, 0.15) is 50.8 Å². The Morgan fingerprint density at radius 1 is 1.00 bits per heavy atom. The molecule has 0 bridgehead atoms. The van der Waals surface area contributed by atoms with Crippen LogP contribution in [0, 0.1) is 5.92 Å². The molecule has 2 aliphatic rings. The number of hydrogen-bond donors (Lipinski definition) is 0. The second kappa shape index (κ2) is 8.02. The van der Waals surface area contributed by atoms with Gasteiger partial charge in [0.1, 0.15) is 0 Å². The van der Waals surface area contributed by atoms with Crippen LogP contribution in [0.3, 0.4) is 0 Å². The lowest BCUT2D eigenvalue weighted by Gasteiger charge is -2.31. The van der Waals surface area contributed by atoms with Gasteiger partial charge in [-0.2, -0.15) is 10.2 Å². The number of piperidine rings is 1. The molecule has 2 aromatic rings. The monoisotopic (exact) mass is 408 g/mol. The van der Waals surface area contributed by atoms with E-state index in [1.165, 1.54) is 12.4 Å². The third kappa shape index (κ3) is 3.42. The fourth-order valence-corrected chi connectivity index (χ4v) is 3.74. The van der Waals surface area contributed by atoms with Crippen molar-refractivity contribution in [3.05, 3.63) is 53.3 Å². The summed E-state index contributed by atoms with van der Waals surface area (Å²) in [5, 5.41) is 7.31. The Kier molecular flexibility index (Phi) is 5.26. The fraction of sp³-hybridized carbons (Fsp3) is 0.333. The van der Waals surface area contributed by atoms with Crippen LogP contribution in [0.25, 0.3) is 0 Å². The number of imide groups is 1. The lowest BCUT2D eigenvalue weighted by atomic mass is 9.96. The minimum absolute atomic E-state index is 0.153. The Morgan fingerprint density at radius 2 is 1.57 bits per heavy atom. The zero-order valence-electron chi connectivity index (χ0n) is 16.4. The summed E-state index contributed by atoms with van der Waals surface area (Å²) in [6.07, 6.45) is 3.68. The maximum atomic E-state index is 12.8. The van der Waals surface area contributed by atoms with Crippen molar-refractivity contribution in [1.29, 1.82) is 0 Å². The van der Waals surface area contributed by atoms with Gasteiger partial charge in [0.2, 0.25) is 0 Å². The summed E-state index contributed by atoms with van der Waals surface area (Å²) in [6.45, 7) is 3.07. The lowest BCUT2D eigenvalue weighted by Crippen LogP contribution is -2.40. The Balaban J connectivity index is 1.43. The highest BCUT2D eigenvalue weighted by Gasteiger charge is 2.37. The Morgan fingerprint density at radius 3 is 2.10 bits per heavy atom. The molecule has 3 amide bonds. The highest BCUT2D eigenvalue weighted by molar-refractivity contribution is 6.34. The zero-order chi connectivity index (χ0) is 21.3. The summed E-state index contributed by atoms with van der Waals surface area (Å²) in [4.78, 5) is 52.4. The molecule has 4 rings (SSSR count). The average molecular weight is 408 g/mol. The first-order valence-electron chi connectivity index (χ1n) is 9.76. The van der Waals surface area contributed by atoms with Gasteiger partial charge in [-0.05, 0) is 44.0 Å². The van der Waals surface area contributed by atoms with Crippen molar-refractivity contribution in [2.45, 2.75) is 19.8 Å². The maximum Gasteiger partial charge on any atom is 0.309 e. The van der Waals surface area contributed by atoms with E-state index in [1.54, 1.807) is 36.1 Å². The number of esters is 1. The average Bonchev–Trinajstić information content (AvgIpc) is 3.04. The number of aromatic nitrogens is 2. The Labute approximate surface area is 172 Å². The lowest BCUT2D eigenvalue weighted by molar-refractivity contribution is -0.149. The molecule has 0 spiro atoms. The zero-order valence-corrected chi connectivity index (χ0v) is 16.4. The molecular formula is C21H20N4O5. The standard InChI is InChI=1S/C21H20N4O5/c1-2-30-21(29)14-7-9-24(10-8-14)18(26)13-3-5-15(6-4-13)25-19(27)16-11-22-23-12-17(16)20(25)28/h3-6,11-12,14H,2,7-10H2,1H3. The van der Waals surface area contributed by atoms with Crippen molar-refractivity contribution in [2.75, 3.05) is 24.6 Å². The number of fused-ring (bicyclic) bond motifs is 1. The molecule has 3 heterocycles. The number of amides is 3. The number of carbonyl (C=O) groups excluding carboxylic acids is 4. The number of ether oxygens (including phenoxy) is 1. The molecule has 9 nitrogen and oxygen atoms in total. The molecule has 0 unspecified atom stereocenters. The van der Waals surface area contributed by atoms with Crippen LogP contribution in [-0.4, -0.2) is 58.5 Å². The Hall–Kier alpha value is -3.62. The van der Waals surface area contributed by atoms with Gasteiger partial charge in [-0.15, -0.1) is 0 Å². The Bertz CT molecular complexity index is 977. The predicted octanol–water partition coefficient (Wildman–Crippen LogP) is 1.69. The minimum atomic E-state index is -0.468. The number of carbonyl (C=O) groups is 4. The number of likely N-dealkylation sites (tertiary alicyclic amines) is 1. The molecule has 1 fully saturated rings. The van der Waals surface area contributed by atoms with E-state index in [1.807, 2.05) is 0 Å². The first-order chi connectivity index (χ1) is 14.5. The highest BCUT2D eigenvalue weighted by atomic mass is 16.5. The molecule has 0 saturated carbocycles. The minimum Gasteiger partial charge on any atom is -0.466 e. The predicted molar refractivity (Wildman–Crippen MR) is 105 cm³/mol. The smallest absolute Gasteiger partial charge is 0.309 e. The van der Waals surface area contributed by atoms with E-state index in [0.717, 1.165) is 4.90 Å². The second-order valence-corrected chi connectivity index (χ2v) is 7.13. The van der Waals surface area contributed by atoms with E-state index >= 15 is 0 Å². The summed E-state index contributed by atoms with van der Waals surface area (Å²) >= 11 is 0. The van der Waals surface area contributed by atoms with Gasteiger partial charge >= 0.3 is 5.97 Å². The summed E-state index contributed by atoms with van der Waals surface area (Å²) < 4.78 is 5.05. The van der Waals surface area contributed by atoms with Gasteiger partial charge in [0.25, 0.3) is 17.7 Å². The van der Waals surface area contributed by atoms with Crippen molar-refractivity contribution in [3.8, 4) is 0 Å². The number of rotatable bonds is 4. The van der Waals surface area contributed by atoms with Gasteiger partial charge in [-0.3, -0.25) is 19.2 Å². The molecule has 0 N–H and O–H groups in total. The van der Waals surface area contributed by atoms with Crippen molar-refractivity contribution in [2.24, 2.45) is 5.92 Å². The third-order valence-corrected chi connectivity index (χ3v) is 5.37. The van der Waals surface area contributed by atoms with Gasteiger partial charge in [0.05, 0.1) is 41.7 Å². The number of benzene rings is 1. The van der Waals surface area contributed by atoms with Crippen molar-refractivity contribution in [3.63, 3.8) is 0 Å². The van der Waals surface area contributed by atoms with Crippen LogP contribution < -0.4 is 4.90 Å². The van der Waals surface area contributed by atoms with Crippen molar-refractivity contribution >= 4 is 29.4 Å². The van der Waals surface area contributed by atoms with Crippen LogP contribution in [0.2, 0.25) is 0 Å². The fourth-order valence-electron chi connectivity index (χ4n) is 3.74. The van der Waals surface area contributed by atoms with E-state index in [0.29, 0.717) is 43.8 Å². The number of anilines is 1. The van der Waals surface area contributed by atoms with Crippen molar-refractivity contribution in [1.82, 2.24) is 15.1 Å². The number of hydrogen-bond acceptors (Lipinski definition) is 7. The molecule has 9 heteroatoms. The third-order valence-electron chi connectivity index (χ3n) is 5.37.